The molecule has 1 N–H and O–H groups in total. The molecule has 0 spiro atoms. The van der Waals surface area contributed by atoms with Gasteiger partial charge in [0, 0.05) is 0 Å². The van der Waals surface area contributed by atoms with E-state index in [0.29, 0.717) is 6.42 Å². The Labute approximate surface area is 111 Å². The average molecular weight is 263 g/mol. The van der Waals surface area contributed by atoms with E-state index in [-0.39, 0.29) is 12.5 Å². The number of carbonyl (C=O) groups is 2. The lowest BCUT2D eigenvalue weighted by Gasteiger charge is -2.16. The van der Waals surface area contributed by atoms with Gasteiger partial charge in [-0.25, -0.2) is 9.59 Å². The van der Waals surface area contributed by atoms with Crippen LogP contribution < -0.4 is 5.32 Å². The molecule has 1 fully saturated rings. The summed E-state index contributed by atoms with van der Waals surface area (Å²) in [5, 5.41) is 2.60. The maximum atomic E-state index is 11.7. The third kappa shape index (κ3) is 2.86. The van der Waals surface area contributed by atoms with Gasteiger partial charge in [0.2, 0.25) is 0 Å². The number of hydrogen-bond donors (Lipinski definition) is 1. The average Bonchev–Trinajstić information content (AvgIpc) is 3.08. The molecule has 19 heavy (non-hydrogen) atoms. The number of carbonyl (C=O) groups excluding carboxylic acids is 2. The first-order valence-corrected chi connectivity index (χ1v) is 6.16. The van der Waals surface area contributed by atoms with Crippen molar-refractivity contribution in [3.8, 4) is 0 Å². The summed E-state index contributed by atoms with van der Waals surface area (Å²) in [7, 11) is 1.31. The van der Waals surface area contributed by atoms with Gasteiger partial charge in [-0.1, -0.05) is 37.3 Å². The van der Waals surface area contributed by atoms with Gasteiger partial charge >= 0.3 is 12.1 Å². The number of methoxy groups -OCH3 is 1. The van der Waals surface area contributed by atoms with Gasteiger partial charge in [-0.3, -0.25) is 0 Å². The maximum Gasteiger partial charge on any atom is 0.408 e. The molecule has 1 aliphatic rings. The first kappa shape index (κ1) is 13.4. The van der Waals surface area contributed by atoms with E-state index in [2.05, 4.69) is 5.32 Å². The van der Waals surface area contributed by atoms with Gasteiger partial charge in [0.15, 0.2) is 0 Å². The van der Waals surface area contributed by atoms with Crippen molar-refractivity contribution < 1.29 is 19.1 Å². The summed E-state index contributed by atoms with van der Waals surface area (Å²) in [6.07, 6.45) is -0.0151. The van der Waals surface area contributed by atoms with Gasteiger partial charge < -0.3 is 14.8 Å². The van der Waals surface area contributed by atoms with Crippen LogP contribution in [0.25, 0.3) is 0 Å². The molecular formula is C14H17NO4. The van der Waals surface area contributed by atoms with E-state index in [4.69, 9.17) is 9.47 Å². The summed E-state index contributed by atoms with van der Waals surface area (Å²) in [4.78, 5) is 23.3. The van der Waals surface area contributed by atoms with Crippen molar-refractivity contribution in [2.75, 3.05) is 7.11 Å². The first-order chi connectivity index (χ1) is 9.08. The lowest BCUT2D eigenvalue weighted by molar-refractivity contribution is -0.144. The Bertz CT molecular complexity index is 474. The van der Waals surface area contributed by atoms with Crippen molar-refractivity contribution in [1.29, 1.82) is 0 Å². The summed E-state index contributed by atoms with van der Waals surface area (Å²) in [6, 6.07) is 9.36. The zero-order valence-corrected chi connectivity index (χ0v) is 11.0. The van der Waals surface area contributed by atoms with Crippen LogP contribution in [0.4, 0.5) is 4.79 Å². The van der Waals surface area contributed by atoms with Gasteiger partial charge in [-0.15, -0.1) is 0 Å². The largest absolute Gasteiger partial charge is 0.467 e. The predicted molar refractivity (Wildman–Crippen MR) is 68.3 cm³/mol. The quantitative estimate of drug-likeness (QED) is 0.842. The highest BCUT2D eigenvalue weighted by Gasteiger charge is 2.60. The van der Waals surface area contributed by atoms with Crippen molar-refractivity contribution in [2.24, 2.45) is 5.92 Å². The molecule has 1 amide bonds. The molecule has 1 aromatic carbocycles. The highest BCUT2D eigenvalue weighted by Crippen LogP contribution is 2.43. The molecule has 102 valence electrons. The normalized spacial score (nSPS) is 24.4. The van der Waals surface area contributed by atoms with Crippen LogP contribution in [-0.4, -0.2) is 24.7 Å². The Morgan fingerprint density at radius 2 is 2.00 bits per heavy atom. The van der Waals surface area contributed by atoms with E-state index in [1.807, 2.05) is 37.3 Å². The van der Waals surface area contributed by atoms with Crippen LogP contribution in [0.2, 0.25) is 0 Å². The van der Waals surface area contributed by atoms with Crippen molar-refractivity contribution in [3.63, 3.8) is 0 Å². The smallest absolute Gasteiger partial charge is 0.408 e. The molecule has 2 unspecified atom stereocenters. The molecule has 0 bridgehead atoms. The second-order valence-electron chi connectivity index (χ2n) is 4.75. The minimum absolute atomic E-state index is 0.0734. The van der Waals surface area contributed by atoms with Crippen LogP contribution in [0.15, 0.2) is 30.3 Å². The molecule has 1 aliphatic carbocycles. The van der Waals surface area contributed by atoms with Crippen molar-refractivity contribution in [3.05, 3.63) is 35.9 Å². The number of ether oxygens (including phenoxy) is 2. The summed E-state index contributed by atoms with van der Waals surface area (Å²) >= 11 is 0. The molecule has 5 nitrogen and oxygen atoms in total. The summed E-state index contributed by atoms with van der Waals surface area (Å²) < 4.78 is 9.79. The summed E-state index contributed by atoms with van der Waals surface area (Å²) in [6.45, 7) is 2.06. The van der Waals surface area contributed by atoms with Crippen LogP contribution in [0.5, 0.6) is 0 Å². The molecule has 0 saturated heterocycles. The third-order valence-electron chi connectivity index (χ3n) is 3.40. The molecule has 0 heterocycles. The van der Waals surface area contributed by atoms with Crippen LogP contribution in [0, 0.1) is 5.92 Å². The van der Waals surface area contributed by atoms with Gasteiger partial charge in [-0.05, 0) is 17.9 Å². The Balaban J connectivity index is 1.86. The van der Waals surface area contributed by atoms with Gasteiger partial charge in [0.25, 0.3) is 0 Å². The van der Waals surface area contributed by atoms with E-state index in [1.54, 1.807) is 0 Å². The summed E-state index contributed by atoms with van der Waals surface area (Å²) in [5.74, 6) is -0.346. The topological polar surface area (TPSA) is 64.6 Å². The minimum atomic E-state index is -0.900. The molecule has 0 radical (unpaired) electrons. The van der Waals surface area contributed by atoms with Gasteiger partial charge in [0.05, 0.1) is 7.11 Å². The van der Waals surface area contributed by atoms with Crippen LogP contribution in [0.1, 0.15) is 18.9 Å². The molecule has 1 aromatic rings. The second kappa shape index (κ2) is 5.30. The minimum Gasteiger partial charge on any atom is -0.467 e. The highest BCUT2D eigenvalue weighted by atomic mass is 16.6. The predicted octanol–water partition coefficient (Wildman–Crippen LogP) is 1.86. The standard InChI is InChI=1S/C14H17NO4/c1-10-8-14(10,12(16)18-2)15-13(17)19-9-11-6-4-3-5-7-11/h3-7,10H,8-9H2,1-2H3,(H,15,17). The van der Waals surface area contributed by atoms with E-state index >= 15 is 0 Å². The summed E-state index contributed by atoms with van der Waals surface area (Å²) in [5.41, 5.74) is -0.00341. The molecule has 2 rings (SSSR count). The second-order valence-corrected chi connectivity index (χ2v) is 4.75. The number of benzene rings is 1. The number of amides is 1. The Morgan fingerprint density at radius 1 is 1.37 bits per heavy atom. The number of nitrogens with one attached hydrogen (secondary N) is 1. The molecule has 0 aliphatic heterocycles. The number of hydrogen-bond acceptors (Lipinski definition) is 4. The highest BCUT2D eigenvalue weighted by molar-refractivity contribution is 5.89. The molecule has 2 atom stereocenters. The fourth-order valence-electron chi connectivity index (χ4n) is 2.06. The van der Waals surface area contributed by atoms with Crippen molar-refractivity contribution in [2.45, 2.75) is 25.5 Å². The molecular weight excluding hydrogens is 246 g/mol. The zero-order valence-electron chi connectivity index (χ0n) is 11.0. The van der Waals surface area contributed by atoms with Crippen molar-refractivity contribution in [1.82, 2.24) is 5.32 Å². The fourth-order valence-corrected chi connectivity index (χ4v) is 2.06. The van der Waals surface area contributed by atoms with Gasteiger partial charge in [0.1, 0.15) is 12.1 Å². The lowest BCUT2D eigenvalue weighted by atomic mass is 10.2. The SMILES string of the molecule is COC(=O)C1(NC(=O)OCc2ccccc2)CC1C. The first-order valence-electron chi connectivity index (χ1n) is 6.16. The monoisotopic (exact) mass is 263 g/mol. The Morgan fingerprint density at radius 3 is 2.53 bits per heavy atom. The van der Waals surface area contributed by atoms with Crippen molar-refractivity contribution >= 4 is 12.1 Å². The molecule has 0 aromatic heterocycles. The van der Waals surface area contributed by atoms with Crippen LogP contribution in [0.3, 0.4) is 0 Å². The third-order valence-corrected chi connectivity index (χ3v) is 3.40. The van der Waals surface area contributed by atoms with Crippen LogP contribution >= 0.6 is 0 Å². The Kier molecular flexibility index (Phi) is 3.74. The molecule has 1 saturated carbocycles. The zero-order chi connectivity index (χ0) is 13.9. The molecule has 5 heteroatoms. The lowest BCUT2D eigenvalue weighted by Crippen LogP contribution is -2.45. The van der Waals surface area contributed by atoms with E-state index in [0.717, 1.165) is 5.56 Å². The number of alkyl carbamates (subject to hydrolysis) is 1. The Hall–Kier alpha value is -2.04. The van der Waals surface area contributed by atoms with E-state index in [9.17, 15) is 9.59 Å². The van der Waals surface area contributed by atoms with E-state index < -0.39 is 17.6 Å². The van der Waals surface area contributed by atoms with E-state index in [1.165, 1.54) is 7.11 Å². The maximum absolute atomic E-state index is 11.7. The number of rotatable bonds is 4. The van der Waals surface area contributed by atoms with Gasteiger partial charge in [-0.2, -0.15) is 0 Å². The number of esters is 1. The van der Waals surface area contributed by atoms with Crippen LogP contribution in [-0.2, 0) is 20.9 Å². The fraction of sp³-hybridized carbons (Fsp3) is 0.429.